The third-order valence-corrected chi connectivity index (χ3v) is 6.27. The van der Waals surface area contributed by atoms with Gasteiger partial charge in [-0.05, 0) is 56.9 Å². The van der Waals surface area contributed by atoms with Crippen LogP contribution in [-0.4, -0.2) is 47.3 Å². The van der Waals surface area contributed by atoms with Crippen molar-refractivity contribution in [3.05, 3.63) is 41.7 Å². The topological polar surface area (TPSA) is 124 Å². The molecule has 10 nitrogen and oxygen atoms in total. The molecule has 2 aliphatic rings. The zero-order chi connectivity index (χ0) is 25.2. The summed E-state index contributed by atoms with van der Waals surface area (Å²) in [6.45, 7) is 4.56. The first-order valence-electron chi connectivity index (χ1n) is 11.8. The molecular weight excluding hydrogens is 486 g/mol. The molecule has 1 aliphatic carbocycles. The first kappa shape index (κ1) is 23.9. The molecule has 5 rings (SSSR count). The number of amides is 2. The fourth-order valence-electron chi connectivity index (χ4n) is 3.89. The van der Waals surface area contributed by atoms with Crippen LogP contribution >= 0.6 is 11.6 Å². The highest BCUT2D eigenvalue weighted by atomic mass is 35.5. The van der Waals surface area contributed by atoms with E-state index in [1.54, 1.807) is 25.1 Å². The zero-order valence-electron chi connectivity index (χ0n) is 19.8. The number of cyclic esters (lactones) is 1. The first-order valence-corrected chi connectivity index (χ1v) is 12.2. The number of fused-ring (bicyclic) bond motifs is 1. The number of benzene rings is 2. The number of aromatic nitrogens is 2. The fourth-order valence-corrected chi connectivity index (χ4v) is 4.12. The molecular formula is C25H26ClN5O5. The number of ether oxygens (including phenoxy) is 3. The van der Waals surface area contributed by atoms with E-state index in [9.17, 15) is 9.59 Å². The van der Waals surface area contributed by atoms with Crippen LogP contribution in [0.15, 0.2) is 36.7 Å². The minimum atomic E-state index is -0.824. The summed E-state index contributed by atoms with van der Waals surface area (Å²) in [6, 6.07) is 8.11. The molecule has 1 aromatic heterocycles. The van der Waals surface area contributed by atoms with E-state index in [0.717, 1.165) is 5.69 Å². The lowest BCUT2D eigenvalue weighted by Gasteiger charge is -2.17. The molecule has 2 atom stereocenters. The van der Waals surface area contributed by atoms with E-state index in [0.29, 0.717) is 58.1 Å². The average Bonchev–Trinajstić information content (AvgIpc) is 3.61. The summed E-state index contributed by atoms with van der Waals surface area (Å²) in [6.07, 6.45) is 2.62. The summed E-state index contributed by atoms with van der Waals surface area (Å²) in [5.74, 6) is 1.82. The molecule has 1 aliphatic heterocycles. The average molecular weight is 512 g/mol. The van der Waals surface area contributed by atoms with Crippen molar-refractivity contribution >= 4 is 51.7 Å². The number of hydrogen-bond donors (Lipinski definition) is 3. The van der Waals surface area contributed by atoms with E-state index in [1.807, 2.05) is 19.1 Å². The third kappa shape index (κ3) is 5.23. The van der Waals surface area contributed by atoms with E-state index in [4.69, 9.17) is 25.8 Å². The number of anilines is 3. The van der Waals surface area contributed by atoms with Crippen molar-refractivity contribution in [3.8, 4) is 11.5 Å². The second-order valence-corrected chi connectivity index (χ2v) is 9.17. The number of nitrogens with zero attached hydrogens (tertiary/aromatic N) is 2. The van der Waals surface area contributed by atoms with Crippen LogP contribution in [0, 0.1) is 5.92 Å². The highest BCUT2D eigenvalue weighted by molar-refractivity contribution is 6.32. The summed E-state index contributed by atoms with van der Waals surface area (Å²) < 4.78 is 16.6. The lowest BCUT2D eigenvalue weighted by Crippen LogP contribution is -2.42. The smallest absolute Gasteiger partial charge is 0.408 e. The molecule has 3 aromatic rings. The lowest BCUT2D eigenvalue weighted by molar-refractivity contribution is -0.118. The predicted octanol–water partition coefficient (Wildman–Crippen LogP) is 4.65. The van der Waals surface area contributed by atoms with Gasteiger partial charge in [-0.25, -0.2) is 14.8 Å². The lowest BCUT2D eigenvalue weighted by atomic mass is 10.1. The molecule has 0 radical (unpaired) electrons. The normalized spacial score (nSPS) is 18.9. The van der Waals surface area contributed by atoms with Gasteiger partial charge in [0.25, 0.3) is 5.91 Å². The Bertz CT molecular complexity index is 1320. The standard InChI is InChI=1S/C25H26ClN5O5/c1-3-34-21-10-18-16(9-19(21)30-24(32)22-13(2)36-25(33)31-22)23(28-12-27-18)29-15-6-7-20(17(26)8-15)35-11-14-4-5-14/h6-10,12-14,22H,3-5,11H2,1-2H3,(H,30,32)(H,31,33)(H,27,28,29)/t13-,22+/m1/s1. The van der Waals surface area contributed by atoms with Crippen LogP contribution in [0.1, 0.15) is 26.7 Å². The molecule has 2 heterocycles. The fraction of sp³-hybridized carbons (Fsp3) is 0.360. The molecule has 0 unspecified atom stereocenters. The number of carbonyl (C=O) groups excluding carboxylic acids is 2. The summed E-state index contributed by atoms with van der Waals surface area (Å²) in [5, 5.41) is 9.77. The van der Waals surface area contributed by atoms with Gasteiger partial charge in [-0.1, -0.05) is 11.6 Å². The van der Waals surface area contributed by atoms with Crippen LogP contribution < -0.4 is 25.4 Å². The SMILES string of the molecule is CCOc1cc2ncnc(Nc3ccc(OCC4CC4)c(Cl)c3)c2cc1NC(=O)[C@H]1NC(=O)O[C@@H]1C. The number of nitrogens with one attached hydrogen (secondary N) is 3. The Morgan fingerprint density at radius 2 is 2.03 bits per heavy atom. The summed E-state index contributed by atoms with van der Waals surface area (Å²) in [7, 11) is 0. The van der Waals surface area contributed by atoms with Crippen molar-refractivity contribution in [1.29, 1.82) is 0 Å². The van der Waals surface area contributed by atoms with E-state index in [1.165, 1.54) is 19.2 Å². The Hall–Kier alpha value is -3.79. The van der Waals surface area contributed by atoms with Crippen LogP contribution in [0.3, 0.4) is 0 Å². The van der Waals surface area contributed by atoms with Crippen molar-refractivity contribution in [2.75, 3.05) is 23.8 Å². The van der Waals surface area contributed by atoms with Gasteiger partial charge in [0.2, 0.25) is 0 Å². The Morgan fingerprint density at radius 1 is 1.19 bits per heavy atom. The molecule has 2 aromatic carbocycles. The Labute approximate surface area is 212 Å². The number of rotatable bonds is 9. The second-order valence-electron chi connectivity index (χ2n) is 8.77. The van der Waals surface area contributed by atoms with Gasteiger partial charge < -0.3 is 30.2 Å². The molecule has 36 heavy (non-hydrogen) atoms. The van der Waals surface area contributed by atoms with E-state index >= 15 is 0 Å². The van der Waals surface area contributed by atoms with Crippen LogP contribution in [0.4, 0.5) is 22.0 Å². The Kier molecular flexibility index (Phi) is 6.69. The third-order valence-electron chi connectivity index (χ3n) is 5.98. The van der Waals surface area contributed by atoms with Crippen LogP contribution in [0.5, 0.6) is 11.5 Å². The van der Waals surface area contributed by atoms with Gasteiger partial charge in [-0.3, -0.25) is 4.79 Å². The van der Waals surface area contributed by atoms with Gasteiger partial charge in [0.05, 0.1) is 29.4 Å². The number of carbonyl (C=O) groups is 2. The molecule has 1 saturated carbocycles. The van der Waals surface area contributed by atoms with Crippen LogP contribution in [0.25, 0.3) is 10.9 Å². The second kappa shape index (κ2) is 10.1. The zero-order valence-corrected chi connectivity index (χ0v) is 20.6. The molecule has 0 bridgehead atoms. The Morgan fingerprint density at radius 3 is 2.72 bits per heavy atom. The van der Waals surface area contributed by atoms with Crippen LogP contribution in [0.2, 0.25) is 5.02 Å². The minimum Gasteiger partial charge on any atom is -0.492 e. The number of hydrogen-bond acceptors (Lipinski definition) is 8. The maximum Gasteiger partial charge on any atom is 0.408 e. The molecule has 1 saturated heterocycles. The van der Waals surface area contributed by atoms with Crippen molar-refractivity contribution in [1.82, 2.24) is 15.3 Å². The minimum absolute atomic E-state index is 0.387. The first-order chi connectivity index (χ1) is 17.4. The molecule has 2 fully saturated rings. The van der Waals surface area contributed by atoms with Crippen molar-refractivity contribution in [2.45, 2.75) is 38.8 Å². The Balaban J connectivity index is 1.41. The summed E-state index contributed by atoms with van der Waals surface area (Å²) >= 11 is 6.44. The van der Waals surface area contributed by atoms with Gasteiger partial charge in [0.1, 0.15) is 35.8 Å². The number of alkyl carbamates (subject to hydrolysis) is 1. The van der Waals surface area contributed by atoms with Gasteiger partial charge in [0.15, 0.2) is 0 Å². The van der Waals surface area contributed by atoms with E-state index < -0.39 is 24.1 Å². The molecule has 2 amide bonds. The van der Waals surface area contributed by atoms with E-state index in [2.05, 4.69) is 25.9 Å². The van der Waals surface area contributed by atoms with Gasteiger partial charge in [-0.15, -0.1) is 0 Å². The quantitative estimate of drug-likeness (QED) is 0.379. The summed E-state index contributed by atoms with van der Waals surface area (Å²) in [4.78, 5) is 33.1. The molecule has 11 heteroatoms. The highest BCUT2D eigenvalue weighted by Gasteiger charge is 2.36. The molecule has 188 valence electrons. The van der Waals surface area contributed by atoms with E-state index in [-0.39, 0.29) is 0 Å². The molecule has 0 spiro atoms. The predicted molar refractivity (Wildman–Crippen MR) is 135 cm³/mol. The monoisotopic (exact) mass is 511 g/mol. The van der Waals surface area contributed by atoms with Gasteiger partial charge >= 0.3 is 6.09 Å². The molecule has 3 N–H and O–H groups in total. The largest absolute Gasteiger partial charge is 0.492 e. The van der Waals surface area contributed by atoms with Gasteiger partial charge in [-0.2, -0.15) is 0 Å². The van der Waals surface area contributed by atoms with Crippen molar-refractivity contribution < 1.29 is 23.8 Å². The maximum absolute atomic E-state index is 12.9. The van der Waals surface area contributed by atoms with Gasteiger partial charge in [0, 0.05) is 17.1 Å². The maximum atomic E-state index is 12.9. The van der Waals surface area contributed by atoms with Crippen molar-refractivity contribution in [2.24, 2.45) is 5.92 Å². The highest BCUT2D eigenvalue weighted by Crippen LogP contribution is 2.36. The van der Waals surface area contributed by atoms with Crippen molar-refractivity contribution in [3.63, 3.8) is 0 Å². The summed E-state index contributed by atoms with van der Waals surface area (Å²) in [5.41, 5.74) is 1.76. The number of halogens is 1. The van der Waals surface area contributed by atoms with Crippen LogP contribution in [-0.2, 0) is 9.53 Å².